The molecule has 156 valence electrons. The summed E-state index contributed by atoms with van der Waals surface area (Å²) >= 11 is 3.57. The molecule has 9 heteroatoms. The van der Waals surface area contributed by atoms with E-state index in [2.05, 4.69) is 43.2 Å². The molecule has 0 aliphatic carbocycles. The van der Waals surface area contributed by atoms with Crippen molar-refractivity contribution in [1.82, 2.24) is 20.4 Å². The second kappa shape index (κ2) is 8.77. The molecule has 0 saturated carbocycles. The van der Waals surface area contributed by atoms with E-state index in [9.17, 15) is 9.59 Å². The van der Waals surface area contributed by atoms with E-state index in [0.29, 0.717) is 45.1 Å². The number of rotatable bonds is 8. The van der Waals surface area contributed by atoms with Crippen molar-refractivity contribution in [2.45, 2.75) is 39.5 Å². The maximum Gasteiger partial charge on any atom is 0.268 e. The molecule has 0 atom stereocenters. The summed E-state index contributed by atoms with van der Waals surface area (Å²) < 4.78 is 12.1. The molecular weight excluding hydrogens is 440 g/mol. The Kier molecular flexibility index (Phi) is 6.36. The molecule has 2 aromatic heterocycles. The maximum atomic E-state index is 12.6. The maximum absolute atomic E-state index is 12.6. The topological polar surface area (TPSA) is 116 Å². The molecule has 0 fully saturated rings. The minimum atomic E-state index is -0.588. The predicted molar refractivity (Wildman–Crippen MR) is 114 cm³/mol. The van der Waals surface area contributed by atoms with E-state index in [1.54, 1.807) is 21.0 Å². The lowest BCUT2D eigenvalue weighted by atomic mass is 9.85. The Hall–Kier alpha value is -2.68. The van der Waals surface area contributed by atoms with Gasteiger partial charge in [0.05, 0.1) is 29.3 Å². The van der Waals surface area contributed by atoms with Crippen molar-refractivity contribution in [2.75, 3.05) is 13.7 Å². The van der Waals surface area contributed by atoms with Gasteiger partial charge in [-0.3, -0.25) is 19.8 Å². The van der Waals surface area contributed by atoms with Crippen molar-refractivity contribution in [3.05, 3.63) is 65.4 Å². The summed E-state index contributed by atoms with van der Waals surface area (Å²) in [6.45, 7) is 6.26. The molecule has 0 radical (unpaired) electrons. The van der Waals surface area contributed by atoms with E-state index in [4.69, 9.17) is 9.47 Å². The predicted octanol–water partition coefficient (Wildman–Crippen LogP) is 3.47. The van der Waals surface area contributed by atoms with Gasteiger partial charge < -0.3 is 19.7 Å². The summed E-state index contributed by atoms with van der Waals surface area (Å²) in [6, 6.07) is 3.68. The van der Waals surface area contributed by atoms with Gasteiger partial charge in [-0.2, -0.15) is 0 Å². The zero-order chi connectivity index (χ0) is 21.1. The second-order valence-corrected chi connectivity index (χ2v) is 7.76. The van der Waals surface area contributed by atoms with Crippen LogP contribution in [-0.4, -0.2) is 34.1 Å². The number of hydrogen-bond acceptors (Lipinski definition) is 4. The van der Waals surface area contributed by atoms with E-state index in [-0.39, 0.29) is 11.1 Å². The fourth-order valence-electron chi connectivity index (χ4n) is 3.45. The Morgan fingerprint density at radius 1 is 1.00 bits per heavy atom. The fraction of sp³-hybridized carbons (Fsp3) is 0.400. The van der Waals surface area contributed by atoms with Crippen molar-refractivity contribution in [3.8, 4) is 11.5 Å². The van der Waals surface area contributed by atoms with Crippen LogP contribution in [0.25, 0.3) is 0 Å². The number of methoxy groups -OCH3 is 1. The molecule has 0 saturated heterocycles. The second-order valence-electron chi connectivity index (χ2n) is 6.90. The Morgan fingerprint density at radius 3 is 2.03 bits per heavy atom. The monoisotopic (exact) mass is 464 g/mol. The summed E-state index contributed by atoms with van der Waals surface area (Å²) in [5.74, 6) is 0.544. The van der Waals surface area contributed by atoms with E-state index in [1.807, 2.05) is 12.1 Å². The number of unbranched alkanes of at least 4 members (excludes halogenated alkanes) is 1. The summed E-state index contributed by atoms with van der Waals surface area (Å²) in [4.78, 5) is 25.2. The van der Waals surface area contributed by atoms with Gasteiger partial charge in [0.25, 0.3) is 11.1 Å². The molecule has 0 spiro atoms. The molecule has 0 bridgehead atoms. The zero-order valence-electron chi connectivity index (χ0n) is 16.9. The Labute approximate surface area is 176 Å². The number of aromatic nitrogens is 4. The molecule has 1 aromatic carbocycles. The Bertz CT molecular complexity index is 1050. The highest BCUT2D eigenvalue weighted by Gasteiger charge is 2.29. The summed E-state index contributed by atoms with van der Waals surface area (Å²) in [5.41, 5.74) is 2.48. The molecule has 0 unspecified atom stereocenters. The normalized spacial score (nSPS) is 11.2. The molecule has 3 rings (SSSR count). The van der Waals surface area contributed by atoms with Gasteiger partial charge in [0.15, 0.2) is 11.5 Å². The van der Waals surface area contributed by atoms with E-state index in [0.717, 1.165) is 18.4 Å². The number of aryl methyl sites for hydroxylation is 2. The fourth-order valence-corrected chi connectivity index (χ4v) is 4.02. The number of halogens is 1. The SMILES string of the molecule is CCCCOc1c(Br)cc(C(c2c(C)[nH][nH]c2=O)c2c(C)[nH][nH]c2=O)cc1OC. The van der Waals surface area contributed by atoms with E-state index < -0.39 is 5.92 Å². The Balaban J connectivity index is 2.21. The minimum absolute atomic E-state index is 0.272. The summed E-state index contributed by atoms with van der Waals surface area (Å²) in [5, 5.41) is 10.9. The van der Waals surface area contributed by atoms with Crippen molar-refractivity contribution >= 4 is 15.9 Å². The standard InChI is InChI=1S/C20H25BrN4O4/c1-5-6-7-29-18-13(21)8-12(9-14(18)28-4)17(15-10(2)22-24-19(15)26)16-11(3)23-25-20(16)27/h8-9,17H,5-7H2,1-4H3,(H2,22,24,26)(H2,23,25,27). The van der Waals surface area contributed by atoms with Gasteiger partial charge in [0, 0.05) is 17.3 Å². The molecule has 0 aliphatic heterocycles. The Morgan fingerprint density at radius 2 is 1.59 bits per heavy atom. The molecule has 29 heavy (non-hydrogen) atoms. The van der Waals surface area contributed by atoms with Crippen molar-refractivity contribution in [1.29, 1.82) is 0 Å². The number of hydrogen-bond donors (Lipinski definition) is 4. The highest BCUT2D eigenvalue weighted by atomic mass is 79.9. The van der Waals surface area contributed by atoms with Crippen LogP contribution >= 0.6 is 15.9 Å². The molecule has 3 aromatic rings. The van der Waals surface area contributed by atoms with Crippen LogP contribution in [0.5, 0.6) is 11.5 Å². The first-order chi connectivity index (χ1) is 13.9. The van der Waals surface area contributed by atoms with Gasteiger partial charge in [0.2, 0.25) is 0 Å². The van der Waals surface area contributed by atoms with Crippen LogP contribution in [0, 0.1) is 13.8 Å². The van der Waals surface area contributed by atoms with Crippen LogP contribution in [0.15, 0.2) is 26.2 Å². The zero-order valence-corrected chi connectivity index (χ0v) is 18.5. The lowest BCUT2D eigenvalue weighted by molar-refractivity contribution is 0.286. The van der Waals surface area contributed by atoms with Crippen LogP contribution < -0.4 is 20.6 Å². The first kappa shape index (κ1) is 21.0. The van der Waals surface area contributed by atoms with Gasteiger partial charge in [0.1, 0.15) is 0 Å². The molecule has 4 N–H and O–H groups in total. The van der Waals surface area contributed by atoms with Gasteiger partial charge in [-0.25, -0.2) is 0 Å². The van der Waals surface area contributed by atoms with Crippen LogP contribution in [0.3, 0.4) is 0 Å². The highest BCUT2D eigenvalue weighted by molar-refractivity contribution is 9.10. The molecule has 0 aliphatic rings. The minimum Gasteiger partial charge on any atom is -0.493 e. The van der Waals surface area contributed by atoms with E-state index >= 15 is 0 Å². The third-order valence-electron chi connectivity index (χ3n) is 4.93. The first-order valence-electron chi connectivity index (χ1n) is 9.43. The third kappa shape index (κ3) is 4.05. The smallest absolute Gasteiger partial charge is 0.268 e. The van der Waals surface area contributed by atoms with Crippen LogP contribution in [-0.2, 0) is 0 Å². The number of benzene rings is 1. The summed E-state index contributed by atoms with van der Waals surface area (Å²) in [7, 11) is 1.57. The van der Waals surface area contributed by atoms with E-state index in [1.165, 1.54) is 0 Å². The largest absolute Gasteiger partial charge is 0.493 e. The third-order valence-corrected chi connectivity index (χ3v) is 5.52. The molecular formula is C20H25BrN4O4. The van der Waals surface area contributed by atoms with Crippen molar-refractivity contribution in [2.24, 2.45) is 0 Å². The lowest BCUT2D eigenvalue weighted by Crippen LogP contribution is -2.20. The van der Waals surface area contributed by atoms with Crippen LogP contribution in [0.4, 0.5) is 0 Å². The lowest BCUT2D eigenvalue weighted by Gasteiger charge is -2.19. The van der Waals surface area contributed by atoms with Crippen LogP contribution in [0.1, 0.15) is 53.8 Å². The number of nitrogens with one attached hydrogen (secondary N) is 4. The first-order valence-corrected chi connectivity index (χ1v) is 10.2. The number of H-pyrrole nitrogens is 4. The average molecular weight is 465 g/mol. The van der Waals surface area contributed by atoms with Crippen LogP contribution in [0.2, 0.25) is 0 Å². The van der Waals surface area contributed by atoms with Gasteiger partial charge in [-0.15, -0.1) is 0 Å². The molecule has 0 amide bonds. The number of ether oxygens (including phenoxy) is 2. The average Bonchev–Trinajstić information content (AvgIpc) is 3.20. The molecule has 2 heterocycles. The molecule has 8 nitrogen and oxygen atoms in total. The highest BCUT2D eigenvalue weighted by Crippen LogP contribution is 2.41. The van der Waals surface area contributed by atoms with Gasteiger partial charge in [-0.05, 0) is 53.9 Å². The number of aromatic amines is 4. The van der Waals surface area contributed by atoms with Gasteiger partial charge in [-0.1, -0.05) is 13.3 Å². The summed E-state index contributed by atoms with van der Waals surface area (Å²) in [6.07, 6.45) is 1.95. The quantitative estimate of drug-likeness (QED) is 0.382. The van der Waals surface area contributed by atoms with Crippen molar-refractivity contribution < 1.29 is 9.47 Å². The van der Waals surface area contributed by atoms with Gasteiger partial charge >= 0.3 is 0 Å². The van der Waals surface area contributed by atoms with Crippen molar-refractivity contribution in [3.63, 3.8) is 0 Å².